The fraction of sp³-hybridized carbons (Fsp3) is 1.00. The minimum absolute atomic E-state index is 0.919. The summed E-state index contributed by atoms with van der Waals surface area (Å²) in [5, 5.41) is 3.50. The molecule has 2 aliphatic heterocycles. The van der Waals surface area contributed by atoms with Gasteiger partial charge in [0.05, 0.1) is 0 Å². The first kappa shape index (κ1) is 6.44. The molecule has 2 nitrogen and oxygen atoms in total. The number of nitrogens with zero attached hydrogens (tertiary/aromatic N) is 1. The second kappa shape index (κ2) is 2.20. The van der Waals surface area contributed by atoms with Crippen LogP contribution in [0.3, 0.4) is 0 Å². The molecule has 2 heterocycles. The molecule has 1 saturated carbocycles. The summed E-state index contributed by atoms with van der Waals surface area (Å²) < 4.78 is 0. The Morgan fingerprint density at radius 3 is 3.18 bits per heavy atom. The van der Waals surface area contributed by atoms with Gasteiger partial charge in [-0.15, -0.1) is 0 Å². The fourth-order valence-electron chi connectivity index (χ4n) is 3.27. The highest BCUT2D eigenvalue weighted by Crippen LogP contribution is 2.42. The zero-order valence-electron chi connectivity index (χ0n) is 6.92. The SMILES string of the molecule is C1CN2[C@H]3CC[C@@H](C3)[C@H]2CN1. The van der Waals surface area contributed by atoms with Gasteiger partial charge in [-0.25, -0.2) is 0 Å². The average molecular weight is 152 g/mol. The third-order valence-electron chi connectivity index (χ3n) is 3.78. The minimum atomic E-state index is 0.919. The first-order chi connectivity index (χ1) is 5.45. The van der Waals surface area contributed by atoms with Gasteiger partial charge in [-0.3, -0.25) is 4.90 Å². The summed E-state index contributed by atoms with van der Waals surface area (Å²) in [7, 11) is 0. The second-order valence-electron chi connectivity index (χ2n) is 4.24. The van der Waals surface area contributed by atoms with E-state index >= 15 is 0 Å². The van der Waals surface area contributed by atoms with Crippen molar-refractivity contribution < 1.29 is 0 Å². The molecule has 3 rings (SSSR count). The molecule has 0 spiro atoms. The van der Waals surface area contributed by atoms with E-state index in [9.17, 15) is 0 Å². The van der Waals surface area contributed by atoms with Crippen LogP contribution in [0.1, 0.15) is 19.3 Å². The molecule has 3 atom stereocenters. The standard InChI is InChI=1S/C9H16N2/c1-2-8-5-7(1)9-6-10-3-4-11(8)9/h7-10H,1-6H2/t7-,8-,9+/m0/s1. The van der Waals surface area contributed by atoms with Crippen LogP contribution in [0, 0.1) is 5.92 Å². The quantitative estimate of drug-likeness (QED) is 0.542. The van der Waals surface area contributed by atoms with E-state index in [2.05, 4.69) is 10.2 Å². The zero-order valence-corrected chi connectivity index (χ0v) is 6.92. The lowest BCUT2D eigenvalue weighted by Gasteiger charge is -2.39. The van der Waals surface area contributed by atoms with Crippen molar-refractivity contribution in [2.45, 2.75) is 31.3 Å². The monoisotopic (exact) mass is 152 g/mol. The van der Waals surface area contributed by atoms with Crippen LogP contribution in [0.5, 0.6) is 0 Å². The maximum atomic E-state index is 3.50. The van der Waals surface area contributed by atoms with Gasteiger partial charge in [0.1, 0.15) is 0 Å². The van der Waals surface area contributed by atoms with Crippen molar-refractivity contribution >= 4 is 0 Å². The van der Waals surface area contributed by atoms with Gasteiger partial charge >= 0.3 is 0 Å². The van der Waals surface area contributed by atoms with Crippen molar-refractivity contribution in [1.29, 1.82) is 0 Å². The van der Waals surface area contributed by atoms with E-state index in [1.54, 1.807) is 0 Å². The van der Waals surface area contributed by atoms with E-state index in [1.165, 1.54) is 38.9 Å². The third-order valence-corrected chi connectivity index (χ3v) is 3.78. The Balaban J connectivity index is 1.84. The van der Waals surface area contributed by atoms with E-state index in [4.69, 9.17) is 0 Å². The molecule has 2 heteroatoms. The first-order valence-corrected chi connectivity index (χ1v) is 4.91. The molecule has 2 bridgehead atoms. The van der Waals surface area contributed by atoms with Crippen LogP contribution in [0.25, 0.3) is 0 Å². The Kier molecular flexibility index (Phi) is 1.29. The molecular formula is C9H16N2. The van der Waals surface area contributed by atoms with Gasteiger partial charge in [0, 0.05) is 31.7 Å². The summed E-state index contributed by atoms with van der Waals surface area (Å²) >= 11 is 0. The topological polar surface area (TPSA) is 15.3 Å². The van der Waals surface area contributed by atoms with Gasteiger partial charge in [0.2, 0.25) is 0 Å². The van der Waals surface area contributed by atoms with Gasteiger partial charge in [-0.2, -0.15) is 0 Å². The van der Waals surface area contributed by atoms with Crippen LogP contribution in [-0.4, -0.2) is 36.6 Å². The summed E-state index contributed by atoms with van der Waals surface area (Å²) in [6.07, 6.45) is 4.50. The molecule has 0 amide bonds. The predicted molar refractivity (Wildman–Crippen MR) is 44.5 cm³/mol. The molecule has 11 heavy (non-hydrogen) atoms. The molecule has 0 radical (unpaired) electrons. The number of piperidine rings is 1. The maximum Gasteiger partial charge on any atom is 0.0252 e. The lowest BCUT2D eigenvalue weighted by Crippen LogP contribution is -2.53. The van der Waals surface area contributed by atoms with Crippen molar-refractivity contribution in [2.24, 2.45) is 5.92 Å². The Morgan fingerprint density at radius 2 is 2.27 bits per heavy atom. The third kappa shape index (κ3) is 0.798. The van der Waals surface area contributed by atoms with Crippen molar-refractivity contribution in [3.8, 4) is 0 Å². The predicted octanol–water partition coefficient (Wildman–Crippen LogP) is 0.442. The van der Waals surface area contributed by atoms with Crippen molar-refractivity contribution in [1.82, 2.24) is 10.2 Å². The Hall–Kier alpha value is -0.0800. The fourth-order valence-corrected chi connectivity index (χ4v) is 3.27. The van der Waals surface area contributed by atoms with Gasteiger partial charge in [0.15, 0.2) is 0 Å². The maximum absolute atomic E-state index is 3.50. The summed E-state index contributed by atoms with van der Waals surface area (Å²) in [6, 6.07) is 1.90. The lowest BCUT2D eigenvalue weighted by molar-refractivity contribution is 0.112. The number of rotatable bonds is 0. The van der Waals surface area contributed by atoms with E-state index in [1.807, 2.05) is 0 Å². The van der Waals surface area contributed by atoms with E-state index in [-0.39, 0.29) is 0 Å². The van der Waals surface area contributed by atoms with Gasteiger partial charge in [0.25, 0.3) is 0 Å². The van der Waals surface area contributed by atoms with Crippen LogP contribution >= 0.6 is 0 Å². The average Bonchev–Trinajstić information content (AvgIpc) is 2.64. The molecule has 0 aromatic carbocycles. The zero-order chi connectivity index (χ0) is 7.26. The van der Waals surface area contributed by atoms with Crippen LogP contribution in [-0.2, 0) is 0 Å². The van der Waals surface area contributed by atoms with Crippen molar-refractivity contribution in [3.63, 3.8) is 0 Å². The number of hydrogen-bond acceptors (Lipinski definition) is 2. The Bertz CT molecular complexity index is 151. The summed E-state index contributed by atoms with van der Waals surface area (Å²) in [5.74, 6) is 1.05. The molecule has 62 valence electrons. The molecule has 0 unspecified atom stereocenters. The van der Waals surface area contributed by atoms with Crippen LogP contribution in [0.15, 0.2) is 0 Å². The molecule has 1 N–H and O–H groups in total. The van der Waals surface area contributed by atoms with Crippen LogP contribution in [0.2, 0.25) is 0 Å². The highest BCUT2D eigenvalue weighted by molar-refractivity contribution is 5.01. The van der Waals surface area contributed by atoms with Crippen LogP contribution < -0.4 is 5.32 Å². The summed E-state index contributed by atoms with van der Waals surface area (Å²) in [5.41, 5.74) is 0. The Labute approximate surface area is 68.0 Å². The molecule has 3 fully saturated rings. The molecule has 1 aliphatic carbocycles. The highest BCUT2D eigenvalue weighted by atomic mass is 15.3. The lowest BCUT2D eigenvalue weighted by atomic mass is 9.97. The van der Waals surface area contributed by atoms with Gasteiger partial charge in [-0.05, 0) is 25.2 Å². The number of fused-ring (bicyclic) bond motifs is 5. The molecule has 2 saturated heterocycles. The molecule has 0 aromatic heterocycles. The summed E-state index contributed by atoms with van der Waals surface area (Å²) in [4.78, 5) is 2.75. The van der Waals surface area contributed by atoms with Gasteiger partial charge in [-0.1, -0.05) is 0 Å². The largest absolute Gasteiger partial charge is 0.314 e. The van der Waals surface area contributed by atoms with Crippen molar-refractivity contribution in [2.75, 3.05) is 19.6 Å². The number of hydrogen-bond donors (Lipinski definition) is 1. The van der Waals surface area contributed by atoms with Crippen molar-refractivity contribution in [3.05, 3.63) is 0 Å². The molecule has 0 aromatic rings. The number of nitrogens with one attached hydrogen (secondary N) is 1. The Morgan fingerprint density at radius 1 is 1.27 bits per heavy atom. The smallest absolute Gasteiger partial charge is 0.0252 e. The normalized spacial score (nSPS) is 49.6. The highest BCUT2D eigenvalue weighted by Gasteiger charge is 2.45. The molecule has 3 aliphatic rings. The van der Waals surface area contributed by atoms with E-state index in [0.29, 0.717) is 0 Å². The van der Waals surface area contributed by atoms with E-state index in [0.717, 1.165) is 18.0 Å². The second-order valence-corrected chi connectivity index (χ2v) is 4.24. The summed E-state index contributed by atoms with van der Waals surface area (Å²) in [6.45, 7) is 3.80. The molecular weight excluding hydrogens is 136 g/mol. The minimum Gasteiger partial charge on any atom is -0.314 e. The number of piperazine rings is 1. The van der Waals surface area contributed by atoms with E-state index < -0.39 is 0 Å². The first-order valence-electron chi connectivity index (χ1n) is 4.91. The van der Waals surface area contributed by atoms with Gasteiger partial charge < -0.3 is 5.32 Å². The van der Waals surface area contributed by atoms with Crippen LogP contribution in [0.4, 0.5) is 0 Å².